The fourth-order valence-corrected chi connectivity index (χ4v) is 4.42. The molecule has 28 heavy (non-hydrogen) atoms. The van der Waals surface area contributed by atoms with Gasteiger partial charge < -0.3 is 24.0 Å². The van der Waals surface area contributed by atoms with Gasteiger partial charge >= 0.3 is 13.6 Å². The summed E-state index contributed by atoms with van der Waals surface area (Å²) in [5.41, 5.74) is 1.37. The van der Waals surface area contributed by atoms with Crippen molar-refractivity contribution in [1.82, 2.24) is 0 Å². The predicted molar refractivity (Wildman–Crippen MR) is 101 cm³/mol. The van der Waals surface area contributed by atoms with Crippen LogP contribution in [0.3, 0.4) is 0 Å². The number of rotatable bonds is 8. The second-order valence-electron chi connectivity index (χ2n) is 6.50. The number of phenolic OH excluding ortho intramolecular Hbond substituents is 1. The van der Waals surface area contributed by atoms with Crippen molar-refractivity contribution in [3.63, 3.8) is 0 Å². The maximum atomic E-state index is 12.1. The standard InChI is InChI=1S/C19H24NO7P/c1-5-27-28(23,24)13(9-20)8-11(2)6-7-14-17(21)16-15(10-26-19(16)22)12(3)18(14)25-4/h6,13,21H,5,7-8,10H2,1-4H3,(H,23,24). The van der Waals surface area contributed by atoms with E-state index in [1.807, 2.05) is 6.07 Å². The molecule has 0 radical (unpaired) electrons. The van der Waals surface area contributed by atoms with E-state index in [1.54, 1.807) is 26.8 Å². The molecule has 0 saturated heterocycles. The van der Waals surface area contributed by atoms with Crippen LogP contribution in [0.25, 0.3) is 0 Å². The first-order chi connectivity index (χ1) is 13.2. The molecule has 2 unspecified atom stereocenters. The van der Waals surface area contributed by atoms with Crippen LogP contribution in [0.15, 0.2) is 11.6 Å². The van der Waals surface area contributed by atoms with Gasteiger partial charge in [-0.25, -0.2) is 4.79 Å². The zero-order valence-electron chi connectivity index (χ0n) is 16.3. The van der Waals surface area contributed by atoms with E-state index in [2.05, 4.69) is 0 Å². The SMILES string of the molecule is CCOP(=O)(O)C(C#N)CC(C)=CCc1c(O)c2c(c(C)c1OC)COC2=O. The molecule has 0 amide bonds. The lowest BCUT2D eigenvalue weighted by atomic mass is 9.94. The van der Waals surface area contributed by atoms with Gasteiger partial charge in [0.25, 0.3) is 0 Å². The minimum absolute atomic E-state index is 0.0320. The Hall–Kier alpha value is -2.33. The first-order valence-corrected chi connectivity index (χ1v) is 10.4. The molecule has 2 rings (SSSR count). The van der Waals surface area contributed by atoms with E-state index in [4.69, 9.17) is 14.0 Å². The molecule has 1 aromatic rings. The smallest absolute Gasteiger partial charge is 0.345 e. The number of fused-ring (bicyclic) bond motifs is 1. The van der Waals surface area contributed by atoms with Crippen LogP contribution in [0.4, 0.5) is 0 Å². The molecule has 0 aromatic heterocycles. The van der Waals surface area contributed by atoms with E-state index in [0.29, 0.717) is 28.0 Å². The van der Waals surface area contributed by atoms with E-state index in [0.717, 1.165) is 0 Å². The summed E-state index contributed by atoms with van der Waals surface area (Å²) in [7, 11) is -2.57. The van der Waals surface area contributed by atoms with E-state index in [-0.39, 0.29) is 37.4 Å². The summed E-state index contributed by atoms with van der Waals surface area (Å²) in [6.07, 6.45) is 1.98. The van der Waals surface area contributed by atoms with Crippen LogP contribution >= 0.6 is 7.60 Å². The van der Waals surface area contributed by atoms with Gasteiger partial charge in [0.2, 0.25) is 0 Å². The monoisotopic (exact) mass is 409 g/mol. The van der Waals surface area contributed by atoms with Gasteiger partial charge in [0.05, 0.1) is 19.8 Å². The first kappa shape index (κ1) is 22.0. The molecule has 2 N–H and O–H groups in total. The first-order valence-electron chi connectivity index (χ1n) is 8.78. The second kappa shape index (κ2) is 8.78. The zero-order valence-corrected chi connectivity index (χ0v) is 17.2. The molecule has 0 aliphatic carbocycles. The minimum atomic E-state index is -4.04. The Morgan fingerprint density at radius 3 is 2.75 bits per heavy atom. The van der Waals surface area contributed by atoms with Gasteiger partial charge in [-0.3, -0.25) is 4.57 Å². The van der Waals surface area contributed by atoms with Crippen LogP contribution in [0.5, 0.6) is 11.5 Å². The summed E-state index contributed by atoms with van der Waals surface area (Å²) in [6, 6.07) is 1.82. The number of hydrogen-bond acceptors (Lipinski definition) is 7. The number of carbonyl (C=O) groups excluding carboxylic acids is 1. The van der Waals surface area contributed by atoms with Crippen LogP contribution in [0.1, 0.15) is 47.3 Å². The maximum Gasteiger partial charge on any atom is 0.345 e. The number of hydrogen-bond donors (Lipinski definition) is 2. The van der Waals surface area contributed by atoms with Crippen molar-refractivity contribution < 1.29 is 33.4 Å². The number of carbonyl (C=O) groups is 1. The summed E-state index contributed by atoms with van der Waals surface area (Å²) in [4.78, 5) is 21.8. The summed E-state index contributed by atoms with van der Waals surface area (Å²) in [6.45, 7) is 5.20. The molecule has 152 valence electrons. The lowest BCUT2D eigenvalue weighted by molar-refractivity contribution is 0.0533. The van der Waals surface area contributed by atoms with Crippen molar-refractivity contribution in [2.45, 2.75) is 45.9 Å². The van der Waals surface area contributed by atoms with Gasteiger partial charge in [0, 0.05) is 11.1 Å². The van der Waals surface area contributed by atoms with E-state index in [9.17, 15) is 24.6 Å². The second-order valence-corrected chi connectivity index (χ2v) is 8.51. The maximum absolute atomic E-state index is 12.1. The molecular formula is C19H24NO7P. The Kier molecular flexibility index (Phi) is 6.89. The summed E-state index contributed by atoms with van der Waals surface area (Å²) >= 11 is 0. The van der Waals surface area contributed by atoms with Gasteiger partial charge in [-0.15, -0.1) is 0 Å². The van der Waals surface area contributed by atoms with Crippen molar-refractivity contribution in [2.24, 2.45) is 0 Å². The van der Waals surface area contributed by atoms with Gasteiger partial charge in [-0.1, -0.05) is 11.6 Å². The number of benzene rings is 1. The van der Waals surface area contributed by atoms with Crippen molar-refractivity contribution in [2.75, 3.05) is 13.7 Å². The average molecular weight is 409 g/mol. The highest BCUT2D eigenvalue weighted by Gasteiger charge is 2.33. The predicted octanol–water partition coefficient (Wildman–Crippen LogP) is 3.37. The van der Waals surface area contributed by atoms with Crippen LogP contribution in [0.2, 0.25) is 0 Å². The molecule has 2 atom stereocenters. The van der Waals surface area contributed by atoms with E-state index in [1.165, 1.54) is 7.11 Å². The van der Waals surface area contributed by atoms with Crippen molar-refractivity contribution in [3.8, 4) is 17.6 Å². The summed E-state index contributed by atoms with van der Waals surface area (Å²) in [5.74, 6) is -0.316. The third kappa shape index (κ3) is 4.22. The average Bonchev–Trinajstić information content (AvgIpc) is 3.03. The van der Waals surface area contributed by atoms with Crippen molar-refractivity contribution >= 4 is 13.6 Å². The Morgan fingerprint density at radius 1 is 1.50 bits per heavy atom. The van der Waals surface area contributed by atoms with Crippen molar-refractivity contribution in [1.29, 1.82) is 5.26 Å². The quantitative estimate of drug-likeness (QED) is 0.380. The lowest BCUT2D eigenvalue weighted by Crippen LogP contribution is -2.09. The Balaban J connectivity index is 2.32. The van der Waals surface area contributed by atoms with Crippen LogP contribution < -0.4 is 4.74 Å². The molecule has 8 nitrogen and oxygen atoms in total. The van der Waals surface area contributed by atoms with Gasteiger partial charge in [-0.05, 0) is 39.2 Å². The molecule has 1 aliphatic heterocycles. The Labute approximate surface area is 163 Å². The number of ether oxygens (including phenoxy) is 2. The number of methoxy groups -OCH3 is 1. The lowest BCUT2D eigenvalue weighted by Gasteiger charge is -2.17. The Bertz CT molecular complexity index is 901. The molecule has 1 heterocycles. The third-order valence-electron chi connectivity index (χ3n) is 4.67. The third-order valence-corrected chi connectivity index (χ3v) is 6.39. The molecule has 0 spiro atoms. The normalized spacial score (nSPS) is 16.7. The molecule has 1 aliphatic rings. The zero-order chi connectivity index (χ0) is 21.1. The molecule has 9 heteroatoms. The molecule has 0 bridgehead atoms. The highest BCUT2D eigenvalue weighted by molar-refractivity contribution is 7.54. The van der Waals surface area contributed by atoms with E-state index >= 15 is 0 Å². The van der Waals surface area contributed by atoms with Gasteiger partial charge in [0.1, 0.15) is 23.7 Å². The number of nitriles is 1. The van der Waals surface area contributed by atoms with Gasteiger partial charge in [0.15, 0.2) is 5.66 Å². The summed E-state index contributed by atoms with van der Waals surface area (Å²) < 4.78 is 27.4. The number of allylic oxidation sites excluding steroid dienone is 2. The van der Waals surface area contributed by atoms with Crippen LogP contribution in [0, 0.1) is 18.3 Å². The number of phenols is 1. The number of aromatic hydroxyl groups is 1. The van der Waals surface area contributed by atoms with Gasteiger partial charge in [-0.2, -0.15) is 5.26 Å². The number of cyclic esters (lactones) is 1. The number of nitrogens with zero attached hydrogens (tertiary/aromatic N) is 1. The Morgan fingerprint density at radius 2 is 2.18 bits per heavy atom. The van der Waals surface area contributed by atoms with E-state index < -0.39 is 19.2 Å². The number of esters is 1. The minimum Gasteiger partial charge on any atom is -0.507 e. The van der Waals surface area contributed by atoms with Crippen LogP contribution in [-0.2, 0) is 26.9 Å². The fraction of sp³-hybridized carbons (Fsp3) is 0.474. The largest absolute Gasteiger partial charge is 0.507 e. The summed E-state index contributed by atoms with van der Waals surface area (Å²) in [5, 5.41) is 19.8. The highest BCUT2D eigenvalue weighted by Crippen LogP contribution is 2.49. The topological polar surface area (TPSA) is 126 Å². The molecule has 1 aromatic carbocycles. The van der Waals surface area contributed by atoms with Crippen molar-refractivity contribution in [3.05, 3.63) is 33.9 Å². The fourth-order valence-electron chi connectivity index (χ4n) is 3.20. The van der Waals surface area contributed by atoms with Crippen LogP contribution in [-0.4, -0.2) is 35.3 Å². The highest BCUT2D eigenvalue weighted by atomic mass is 31.2. The molecule has 0 fully saturated rings. The molecule has 0 saturated carbocycles. The molecular weight excluding hydrogens is 385 g/mol.